The quantitative estimate of drug-likeness (QED) is 0.693. The van der Waals surface area contributed by atoms with E-state index in [1.165, 1.54) is 12.1 Å². The van der Waals surface area contributed by atoms with Crippen molar-refractivity contribution in [3.05, 3.63) is 34.6 Å². The zero-order valence-electron chi connectivity index (χ0n) is 6.97. The predicted molar refractivity (Wildman–Crippen MR) is 46.8 cm³/mol. The Morgan fingerprint density at radius 1 is 1.50 bits per heavy atom. The second-order valence-electron chi connectivity index (χ2n) is 2.54. The Hall–Kier alpha value is -0.600. The summed E-state index contributed by atoms with van der Waals surface area (Å²) in [6.45, 7) is 1.86. The van der Waals surface area contributed by atoms with E-state index < -0.39 is 0 Å². The van der Waals surface area contributed by atoms with Crippen LogP contribution in [0.4, 0.5) is 4.39 Å². The molecule has 0 heterocycles. The molecule has 3 heteroatoms. The van der Waals surface area contributed by atoms with E-state index in [1.54, 1.807) is 13.2 Å². The summed E-state index contributed by atoms with van der Waals surface area (Å²) in [5.41, 5.74) is 0.806. The van der Waals surface area contributed by atoms with Gasteiger partial charge in [0.25, 0.3) is 0 Å². The highest BCUT2D eigenvalue weighted by atomic mass is 35.5. The smallest absolute Gasteiger partial charge is 0.124 e. The van der Waals surface area contributed by atoms with Crippen LogP contribution in [-0.2, 0) is 4.74 Å². The van der Waals surface area contributed by atoms with Crippen LogP contribution in [0.5, 0.6) is 0 Å². The zero-order valence-corrected chi connectivity index (χ0v) is 7.73. The summed E-state index contributed by atoms with van der Waals surface area (Å²) in [7, 11) is 1.59. The van der Waals surface area contributed by atoms with E-state index in [0.29, 0.717) is 5.02 Å². The van der Waals surface area contributed by atoms with Crippen molar-refractivity contribution in [1.29, 1.82) is 0 Å². The lowest BCUT2D eigenvalue weighted by molar-refractivity contribution is 0.119. The first kappa shape index (κ1) is 9.49. The molecule has 0 aliphatic carbocycles. The van der Waals surface area contributed by atoms with Gasteiger partial charge in [-0.25, -0.2) is 4.39 Å². The molecule has 12 heavy (non-hydrogen) atoms. The minimum Gasteiger partial charge on any atom is -0.377 e. The largest absolute Gasteiger partial charge is 0.377 e. The topological polar surface area (TPSA) is 9.23 Å². The molecular formula is C9H10ClFO. The first-order valence-electron chi connectivity index (χ1n) is 3.63. The van der Waals surface area contributed by atoms with Gasteiger partial charge in [0, 0.05) is 12.1 Å². The first-order chi connectivity index (χ1) is 5.65. The Morgan fingerprint density at radius 2 is 2.17 bits per heavy atom. The van der Waals surface area contributed by atoms with Crippen molar-refractivity contribution < 1.29 is 9.13 Å². The molecule has 0 saturated carbocycles. The standard InChI is InChI=1S/C9H10ClFO/c1-6(12-2)8-4-3-7(11)5-9(8)10/h3-6H,1-2H3/t6-/m1/s1. The lowest BCUT2D eigenvalue weighted by Gasteiger charge is -2.10. The minimum atomic E-state index is -0.327. The highest BCUT2D eigenvalue weighted by Gasteiger charge is 2.08. The molecule has 66 valence electrons. The molecule has 0 aliphatic rings. The Bertz CT molecular complexity index is 275. The van der Waals surface area contributed by atoms with Crippen molar-refractivity contribution in [3.63, 3.8) is 0 Å². The Kier molecular flexibility index (Phi) is 3.06. The average Bonchev–Trinajstić information content (AvgIpc) is 2.03. The van der Waals surface area contributed by atoms with E-state index in [0.717, 1.165) is 5.56 Å². The van der Waals surface area contributed by atoms with E-state index in [4.69, 9.17) is 16.3 Å². The zero-order chi connectivity index (χ0) is 9.14. The molecule has 1 nitrogen and oxygen atoms in total. The van der Waals surface area contributed by atoms with Crippen molar-refractivity contribution in [2.45, 2.75) is 13.0 Å². The fourth-order valence-electron chi connectivity index (χ4n) is 0.958. The van der Waals surface area contributed by atoms with Crippen LogP contribution in [0, 0.1) is 5.82 Å². The van der Waals surface area contributed by atoms with Crippen LogP contribution in [0.15, 0.2) is 18.2 Å². The SMILES string of the molecule is CO[C@H](C)c1ccc(F)cc1Cl. The van der Waals surface area contributed by atoms with Gasteiger partial charge in [-0.15, -0.1) is 0 Å². The van der Waals surface area contributed by atoms with Crippen molar-refractivity contribution in [3.8, 4) is 0 Å². The van der Waals surface area contributed by atoms with Crippen LogP contribution < -0.4 is 0 Å². The van der Waals surface area contributed by atoms with Gasteiger partial charge in [0.05, 0.1) is 6.10 Å². The monoisotopic (exact) mass is 188 g/mol. The minimum absolute atomic E-state index is 0.0990. The van der Waals surface area contributed by atoms with Crippen LogP contribution in [-0.4, -0.2) is 7.11 Å². The van der Waals surface area contributed by atoms with E-state index in [-0.39, 0.29) is 11.9 Å². The third kappa shape index (κ3) is 1.96. The number of ether oxygens (including phenoxy) is 1. The second kappa shape index (κ2) is 3.87. The number of methoxy groups -OCH3 is 1. The second-order valence-corrected chi connectivity index (χ2v) is 2.95. The summed E-state index contributed by atoms with van der Waals surface area (Å²) in [6, 6.07) is 4.29. The van der Waals surface area contributed by atoms with Crippen LogP contribution in [0.25, 0.3) is 0 Å². The van der Waals surface area contributed by atoms with E-state index in [1.807, 2.05) is 6.92 Å². The Labute approximate surface area is 76.1 Å². The molecule has 1 aromatic carbocycles. The Morgan fingerprint density at radius 3 is 2.67 bits per heavy atom. The summed E-state index contributed by atoms with van der Waals surface area (Å²) < 4.78 is 17.6. The first-order valence-corrected chi connectivity index (χ1v) is 4.00. The molecule has 0 spiro atoms. The fraction of sp³-hybridized carbons (Fsp3) is 0.333. The number of hydrogen-bond donors (Lipinski definition) is 0. The van der Waals surface area contributed by atoms with Crippen molar-refractivity contribution in [2.75, 3.05) is 7.11 Å². The van der Waals surface area contributed by atoms with Gasteiger partial charge < -0.3 is 4.74 Å². The maximum Gasteiger partial charge on any atom is 0.124 e. The fourth-order valence-corrected chi connectivity index (χ4v) is 1.28. The highest BCUT2D eigenvalue weighted by Crippen LogP contribution is 2.25. The third-order valence-electron chi connectivity index (χ3n) is 1.75. The van der Waals surface area contributed by atoms with Gasteiger partial charge >= 0.3 is 0 Å². The molecule has 0 aromatic heterocycles. The number of benzene rings is 1. The molecule has 1 aromatic rings. The lowest BCUT2D eigenvalue weighted by Crippen LogP contribution is -1.96. The van der Waals surface area contributed by atoms with Crippen LogP contribution in [0.3, 0.4) is 0 Å². The van der Waals surface area contributed by atoms with Gasteiger partial charge in [0.1, 0.15) is 5.82 Å². The maximum absolute atomic E-state index is 12.6. The molecule has 1 rings (SSSR count). The summed E-state index contributed by atoms with van der Waals surface area (Å²) in [4.78, 5) is 0. The summed E-state index contributed by atoms with van der Waals surface area (Å²) in [5, 5.41) is 0.407. The van der Waals surface area contributed by atoms with Gasteiger partial charge in [0.2, 0.25) is 0 Å². The summed E-state index contributed by atoms with van der Waals surface area (Å²) in [6.07, 6.45) is -0.0990. The van der Waals surface area contributed by atoms with Crippen LogP contribution in [0.2, 0.25) is 5.02 Å². The predicted octanol–water partition coefficient (Wildman–Crippen LogP) is 3.19. The molecule has 0 fully saturated rings. The van der Waals surface area contributed by atoms with E-state index in [9.17, 15) is 4.39 Å². The van der Waals surface area contributed by atoms with Gasteiger partial charge in [-0.2, -0.15) is 0 Å². The summed E-state index contributed by atoms with van der Waals surface area (Å²) >= 11 is 5.78. The molecule has 0 bridgehead atoms. The number of rotatable bonds is 2. The highest BCUT2D eigenvalue weighted by molar-refractivity contribution is 6.31. The van der Waals surface area contributed by atoms with Gasteiger partial charge in [0.15, 0.2) is 0 Å². The molecule has 0 amide bonds. The molecule has 1 atom stereocenters. The number of halogens is 2. The summed E-state index contributed by atoms with van der Waals surface area (Å²) in [5.74, 6) is -0.327. The Balaban J connectivity index is 3.01. The molecule has 0 unspecified atom stereocenters. The van der Waals surface area contributed by atoms with Crippen molar-refractivity contribution in [2.24, 2.45) is 0 Å². The van der Waals surface area contributed by atoms with Gasteiger partial charge in [-0.05, 0) is 24.6 Å². The maximum atomic E-state index is 12.6. The normalized spacial score (nSPS) is 13.0. The third-order valence-corrected chi connectivity index (χ3v) is 2.08. The van der Waals surface area contributed by atoms with Crippen LogP contribution in [0.1, 0.15) is 18.6 Å². The van der Waals surface area contributed by atoms with Crippen LogP contribution >= 0.6 is 11.6 Å². The lowest BCUT2D eigenvalue weighted by atomic mass is 10.1. The van der Waals surface area contributed by atoms with Crippen molar-refractivity contribution in [1.82, 2.24) is 0 Å². The van der Waals surface area contributed by atoms with E-state index >= 15 is 0 Å². The molecular weight excluding hydrogens is 179 g/mol. The van der Waals surface area contributed by atoms with Crippen molar-refractivity contribution >= 4 is 11.6 Å². The molecule has 0 radical (unpaired) electrons. The molecule has 0 saturated heterocycles. The van der Waals surface area contributed by atoms with Gasteiger partial charge in [-0.1, -0.05) is 17.7 Å². The van der Waals surface area contributed by atoms with E-state index in [2.05, 4.69) is 0 Å². The number of hydrogen-bond acceptors (Lipinski definition) is 1. The average molecular weight is 189 g/mol. The van der Waals surface area contributed by atoms with Gasteiger partial charge in [-0.3, -0.25) is 0 Å². The molecule has 0 N–H and O–H groups in total. The molecule has 0 aliphatic heterocycles.